The van der Waals surface area contributed by atoms with E-state index in [4.69, 9.17) is 9.15 Å². The Labute approximate surface area is 117 Å². The number of nitrogens with one attached hydrogen (secondary N) is 1. The van der Waals surface area contributed by atoms with Gasteiger partial charge in [0, 0.05) is 19.2 Å². The van der Waals surface area contributed by atoms with Crippen LogP contribution in [0.4, 0.5) is 5.69 Å². The van der Waals surface area contributed by atoms with Gasteiger partial charge in [0.2, 0.25) is 0 Å². The number of carbonyl (C=O) groups excluding carboxylic acids is 1. The normalized spacial score (nSPS) is 16.8. The first kappa shape index (κ1) is 12.6. The Morgan fingerprint density at radius 1 is 1.40 bits per heavy atom. The van der Waals surface area contributed by atoms with Crippen molar-refractivity contribution in [3.8, 4) is 5.75 Å². The van der Waals surface area contributed by atoms with Gasteiger partial charge in [0.15, 0.2) is 6.10 Å². The summed E-state index contributed by atoms with van der Waals surface area (Å²) in [5.41, 5.74) is 1.89. The summed E-state index contributed by atoms with van der Waals surface area (Å²) in [5.74, 6) is 0.669. The molecule has 2 heterocycles. The minimum Gasteiger partial charge on any atom is -0.477 e. The van der Waals surface area contributed by atoms with Gasteiger partial charge < -0.3 is 19.4 Å². The molecule has 1 aromatic carbocycles. The van der Waals surface area contributed by atoms with E-state index in [9.17, 15) is 4.79 Å². The monoisotopic (exact) mass is 272 g/mol. The lowest BCUT2D eigenvalue weighted by molar-refractivity contribution is -0.137. The highest BCUT2D eigenvalue weighted by Gasteiger charge is 2.28. The van der Waals surface area contributed by atoms with Crippen molar-refractivity contribution in [1.82, 2.24) is 4.90 Å². The predicted octanol–water partition coefficient (Wildman–Crippen LogP) is 2.11. The van der Waals surface area contributed by atoms with Crippen LogP contribution in [-0.2, 0) is 11.3 Å². The van der Waals surface area contributed by atoms with Crippen molar-refractivity contribution in [1.29, 1.82) is 0 Å². The number of carbonyl (C=O) groups is 1. The van der Waals surface area contributed by atoms with Crippen LogP contribution >= 0.6 is 0 Å². The molecule has 0 fully saturated rings. The van der Waals surface area contributed by atoms with E-state index < -0.39 is 6.10 Å². The van der Waals surface area contributed by atoms with Crippen molar-refractivity contribution in [2.75, 3.05) is 18.9 Å². The number of fused-ring (bicyclic) bond motifs is 1. The zero-order chi connectivity index (χ0) is 13.9. The first-order valence-corrected chi connectivity index (χ1v) is 6.49. The molecule has 1 aliphatic heterocycles. The molecule has 3 rings (SSSR count). The summed E-state index contributed by atoms with van der Waals surface area (Å²) in [6.07, 6.45) is 2.74. The third-order valence-electron chi connectivity index (χ3n) is 3.29. The number of benzene rings is 1. The van der Waals surface area contributed by atoms with Crippen LogP contribution in [-0.4, -0.2) is 30.5 Å². The van der Waals surface area contributed by atoms with Crippen LogP contribution in [0.5, 0.6) is 5.75 Å². The number of likely N-dealkylation sites (N-methyl/N-ethyl adjacent to an activating group) is 1. The number of nitrogens with zero attached hydrogens (tertiary/aromatic N) is 1. The molecular formula is C15H16N2O3. The summed E-state index contributed by atoms with van der Waals surface area (Å²) < 4.78 is 10.8. The second-order valence-corrected chi connectivity index (χ2v) is 4.81. The molecule has 1 N–H and O–H groups in total. The zero-order valence-electron chi connectivity index (χ0n) is 11.2. The standard InChI is InChI=1S/C15H16N2O3/c1-17(9-11-6-7-19-10-11)15(18)14-8-16-12-4-2-3-5-13(12)20-14/h2-7,10,14,16H,8-9H2,1H3. The fraction of sp³-hybridized carbons (Fsp3) is 0.267. The van der Waals surface area contributed by atoms with Gasteiger partial charge in [-0.15, -0.1) is 0 Å². The van der Waals surface area contributed by atoms with E-state index in [0.29, 0.717) is 18.8 Å². The quantitative estimate of drug-likeness (QED) is 0.929. The third kappa shape index (κ3) is 2.47. The van der Waals surface area contributed by atoms with Crippen LogP contribution in [0.2, 0.25) is 0 Å². The Bertz CT molecular complexity index is 595. The molecule has 20 heavy (non-hydrogen) atoms. The van der Waals surface area contributed by atoms with Gasteiger partial charge in [0.25, 0.3) is 5.91 Å². The molecule has 1 aliphatic rings. The summed E-state index contributed by atoms with van der Waals surface area (Å²) in [4.78, 5) is 14.0. The Morgan fingerprint density at radius 3 is 3.05 bits per heavy atom. The number of para-hydroxylation sites is 2. The maximum Gasteiger partial charge on any atom is 0.265 e. The number of hydrogen-bond acceptors (Lipinski definition) is 4. The maximum absolute atomic E-state index is 12.4. The molecule has 1 aromatic heterocycles. The number of amides is 1. The maximum atomic E-state index is 12.4. The molecule has 0 radical (unpaired) electrons. The van der Waals surface area contributed by atoms with E-state index in [0.717, 1.165) is 11.3 Å². The average molecular weight is 272 g/mol. The Balaban J connectivity index is 1.66. The summed E-state index contributed by atoms with van der Waals surface area (Å²) in [7, 11) is 1.76. The molecule has 0 saturated heterocycles. The molecule has 2 aromatic rings. The highest BCUT2D eigenvalue weighted by molar-refractivity contribution is 5.83. The van der Waals surface area contributed by atoms with E-state index in [1.807, 2.05) is 30.3 Å². The molecule has 1 amide bonds. The predicted molar refractivity (Wildman–Crippen MR) is 74.5 cm³/mol. The summed E-state index contributed by atoms with van der Waals surface area (Å²) in [6.45, 7) is 0.989. The van der Waals surface area contributed by atoms with Crippen LogP contribution in [0.15, 0.2) is 47.3 Å². The number of rotatable bonds is 3. The van der Waals surface area contributed by atoms with Crippen molar-refractivity contribution < 1.29 is 13.9 Å². The molecule has 0 aliphatic carbocycles. The number of anilines is 1. The molecular weight excluding hydrogens is 256 g/mol. The molecule has 0 bridgehead atoms. The van der Waals surface area contributed by atoms with E-state index in [1.165, 1.54) is 0 Å². The molecule has 104 valence electrons. The van der Waals surface area contributed by atoms with Gasteiger partial charge in [0.1, 0.15) is 5.75 Å². The lowest BCUT2D eigenvalue weighted by Gasteiger charge is -2.29. The topological polar surface area (TPSA) is 54.7 Å². The molecule has 0 spiro atoms. The average Bonchev–Trinajstić information content (AvgIpc) is 2.99. The Kier molecular flexibility index (Phi) is 3.33. The number of ether oxygens (including phenoxy) is 1. The summed E-state index contributed by atoms with van der Waals surface area (Å²) in [5, 5.41) is 3.22. The van der Waals surface area contributed by atoms with Gasteiger partial charge in [0.05, 0.1) is 24.8 Å². The van der Waals surface area contributed by atoms with E-state index in [-0.39, 0.29) is 5.91 Å². The first-order valence-electron chi connectivity index (χ1n) is 6.49. The SMILES string of the molecule is CN(Cc1ccoc1)C(=O)C1CNc2ccccc2O1. The van der Waals surface area contributed by atoms with Crippen molar-refractivity contribution >= 4 is 11.6 Å². The molecule has 1 unspecified atom stereocenters. The van der Waals surface area contributed by atoms with Crippen molar-refractivity contribution in [2.45, 2.75) is 12.6 Å². The van der Waals surface area contributed by atoms with Crippen LogP contribution in [0, 0.1) is 0 Å². The summed E-state index contributed by atoms with van der Waals surface area (Å²) in [6, 6.07) is 9.47. The minimum atomic E-state index is -0.498. The van der Waals surface area contributed by atoms with E-state index in [2.05, 4.69) is 5.32 Å². The van der Waals surface area contributed by atoms with Crippen molar-refractivity contribution in [3.05, 3.63) is 48.4 Å². The van der Waals surface area contributed by atoms with Crippen LogP contribution in [0.3, 0.4) is 0 Å². The lowest BCUT2D eigenvalue weighted by atomic mass is 10.2. The first-order chi connectivity index (χ1) is 9.74. The van der Waals surface area contributed by atoms with Gasteiger partial charge in [-0.3, -0.25) is 4.79 Å². The van der Waals surface area contributed by atoms with Gasteiger partial charge in [-0.25, -0.2) is 0 Å². The van der Waals surface area contributed by atoms with Crippen molar-refractivity contribution in [3.63, 3.8) is 0 Å². The van der Waals surface area contributed by atoms with Crippen LogP contribution < -0.4 is 10.1 Å². The number of furan rings is 1. The summed E-state index contributed by atoms with van der Waals surface area (Å²) >= 11 is 0. The minimum absolute atomic E-state index is 0.0480. The van der Waals surface area contributed by atoms with Gasteiger partial charge in [-0.2, -0.15) is 0 Å². The second kappa shape index (κ2) is 5.28. The van der Waals surface area contributed by atoms with Crippen LogP contribution in [0.1, 0.15) is 5.56 Å². The fourth-order valence-electron chi connectivity index (χ4n) is 2.23. The molecule has 5 nitrogen and oxygen atoms in total. The molecule has 0 saturated carbocycles. The van der Waals surface area contributed by atoms with Crippen molar-refractivity contribution in [2.24, 2.45) is 0 Å². The second-order valence-electron chi connectivity index (χ2n) is 4.81. The molecule has 5 heteroatoms. The van der Waals surface area contributed by atoms with Gasteiger partial charge in [-0.1, -0.05) is 12.1 Å². The highest BCUT2D eigenvalue weighted by atomic mass is 16.5. The third-order valence-corrected chi connectivity index (χ3v) is 3.29. The van der Waals surface area contributed by atoms with E-state index in [1.54, 1.807) is 24.5 Å². The lowest BCUT2D eigenvalue weighted by Crippen LogP contribution is -2.45. The van der Waals surface area contributed by atoms with Crippen LogP contribution in [0.25, 0.3) is 0 Å². The fourth-order valence-corrected chi connectivity index (χ4v) is 2.23. The largest absolute Gasteiger partial charge is 0.477 e. The highest BCUT2D eigenvalue weighted by Crippen LogP contribution is 2.28. The Hall–Kier alpha value is -2.43. The molecule has 1 atom stereocenters. The van der Waals surface area contributed by atoms with Gasteiger partial charge in [-0.05, 0) is 18.2 Å². The van der Waals surface area contributed by atoms with Gasteiger partial charge >= 0.3 is 0 Å². The zero-order valence-corrected chi connectivity index (χ0v) is 11.2. The smallest absolute Gasteiger partial charge is 0.265 e. The number of hydrogen-bond donors (Lipinski definition) is 1. The van der Waals surface area contributed by atoms with E-state index >= 15 is 0 Å². The Morgan fingerprint density at radius 2 is 2.25 bits per heavy atom.